The van der Waals surface area contributed by atoms with Gasteiger partial charge in [-0.25, -0.2) is 9.78 Å². The molecule has 19 heavy (non-hydrogen) atoms. The zero-order valence-corrected chi connectivity index (χ0v) is 11.4. The Balaban J connectivity index is 2.36. The molecule has 0 fully saturated rings. The van der Waals surface area contributed by atoms with Crippen molar-refractivity contribution in [3.8, 4) is 5.88 Å². The zero-order valence-electron chi connectivity index (χ0n) is 11.4. The Morgan fingerprint density at radius 2 is 2.21 bits per heavy atom. The highest BCUT2D eigenvalue weighted by molar-refractivity contribution is 5.74. The van der Waals surface area contributed by atoms with Crippen molar-refractivity contribution < 1.29 is 14.3 Å². The van der Waals surface area contributed by atoms with Crippen molar-refractivity contribution in [3.63, 3.8) is 0 Å². The van der Waals surface area contributed by atoms with Crippen LogP contribution in [0.2, 0.25) is 0 Å². The summed E-state index contributed by atoms with van der Waals surface area (Å²) in [6.45, 7) is 7.42. The molecule has 0 bridgehead atoms. The number of fused-ring (bicyclic) bond motifs is 1. The molecule has 0 aliphatic rings. The number of carbonyl (C=O) groups excluding carboxylic acids is 1. The van der Waals surface area contributed by atoms with Gasteiger partial charge in [0.25, 0.3) is 5.78 Å². The lowest BCUT2D eigenvalue weighted by Crippen LogP contribution is -2.27. The second-order valence-electron chi connectivity index (χ2n) is 4.11. The molecular weight excluding hydrogens is 248 g/mol. The third-order valence-corrected chi connectivity index (χ3v) is 2.76. The molecule has 0 saturated carbocycles. The minimum atomic E-state index is -0.715. The van der Waals surface area contributed by atoms with E-state index in [1.54, 1.807) is 13.8 Å². The largest absolute Gasteiger partial charge is 0.463 e. The summed E-state index contributed by atoms with van der Waals surface area (Å²) in [5.74, 6) is 0.486. The molecule has 2 rings (SSSR count). The lowest BCUT2D eigenvalue weighted by Gasteiger charge is -2.16. The molecule has 0 N–H and O–H groups in total. The maximum absolute atomic E-state index is 11.6. The van der Waals surface area contributed by atoms with E-state index in [4.69, 9.17) is 9.47 Å². The van der Waals surface area contributed by atoms with Gasteiger partial charge in [-0.1, -0.05) is 0 Å². The number of ether oxygens (including phenoxy) is 2. The van der Waals surface area contributed by atoms with Crippen LogP contribution < -0.4 is 4.74 Å². The van der Waals surface area contributed by atoms with Crippen LogP contribution in [-0.4, -0.2) is 38.3 Å². The summed E-state index contributed by atoms with van der Waals surface area (Å²) >= 11 is 0. The molecule has 0 saturated heterocycles. The predicted octanol–water partition coefficient (Wildman–Crippen LogP) is 1.07. The van der Waals surface area contributed by atoms with E-state index in [0.717, 1.165) is 11.3 Å². The van der Waals surface area contributed by atoms with Gasteiger partial charge in [-0.05, 0) is 27.7 Å². The monoisotopic (exact) mass is 264 g/mol. The normalized spacial score (nSPS) is 12.4. The molecule has 0 aliphatic heterocycles. The highest BCUT2D eigenvalue weighted by Gasteiger charge is 2.20. The number of rotatable bonds is 4. The van der Waals surface area contributed by atoms with Gasteiger partial charge in [0.1, 0.15) is 6.33 Å². The number of carbonyl (C=O) groups is 1. The van der Waals surface area contributed by atoms with E-state index in [0.29, 0.717) is 18.3 Å². The molecule has 0 spiro atoms. The highest BCUT2D eigenvalue weighted by Crippen LogP contribution is 2.21. The first kappa shape index (κ1) is 13.3. The summed E-state index contributed by atoms with van der Waals surface area (Å²) in [6, 6.07) is 0. The second-order valence-corrected chi connectivity index (χ2v) is 4.11. The van der Waals surface area contributed by atoms with Crippen molar-refractivity contribution in [2.45, 2.75) is 33.8 Å². The number of hydrogen-bond donors (Lipinski definition) is 0. The van der Waals surface area contributed by atoms with Gasteiger partial charge in [0.2, 0.25) is 5.88 Å². The third-order valence-electron chi connectivity index (χ3n) is 2.76. The maximum Gasteiger partial charge on any atom is 0.347 e. The van der Waals surface area contributed by atoms with Crippen molar-refractivity contribution in [2.75, 3.05) is 6.61 Å². The van der Waals surface area contributed by atoms with Crippen LogP contribution >= 0.6 is 0 Å². The Hall–Kier alpha value is -2.18. The fourth-order valence-electron chi connectivity index (χ4n) is 1.62. The average Bonchev–Trinajstić information content (AvgIpc) is 2.82. The number of hydrogen-bond acceptors (Lipinski definition) is 6. The van der Waals surface area contributed by atoms with Crippen LogP contribution in [-0.2, 0) is 9.53 Å². The fourth-order valence-corrected chi connectivity index (χ4v) is 1.62. The van der Waals surface area contributed by atoms with E-state index in [9.17, 15) is 4.79 Å². The molecule has 0 aliphatic carbocycles. The van der Waals surface area contributed by atoms with E-state index in [1.165, 1.54) is 10.8 Å². The quantitative estimate of drug-likeness (QED) is 0.769. The van der Waals surface area contributed by atoms with Crippen LogP contribution in [0, 0.1) is 13.8 Å². The SMILES string of the molecule is CCOC(=O)C(C)Oc1c(C)c(C)nc2ncnn12. The molecule has 0 amide bonds. The van der Waals surface area contributed by atoms with Crippen LogP contribution in [0.5, 0.6) is 5.88 Å². The number of aromatic nitrogens is 4. The lowest BCUT2D eigenvalue weighted by molar-refractivity contribution is -0.150. The standard InChI is InChI=1S/C12H16N4O3/c1-5-18-11(17)9(4)19-10-7(2)8(3)15-12-13-6-14-16(10)12/h6,9H,5H2,1-4H3. The molecule has 1 unspecified atom stereocenters. The second kappa shape index (κ2) is 5.21. The van der Waals surface area contributed by atoms with Crippen molar-refractivity contribution >= 4 is 11.7 Å². The van der Waals surface area contributed by atoms with E-state index in [1.807, 2.05) is 13.8 Å². The molecule has 2 aromatic rings. The highest BCUT2D eigenvalue weighted by atomic mass is 16.6. The van der Waals surface area contributed by atoms with Crippen molar-refractivity contribution in [1.82, 2.24) is 19.6 Å². The van der Waals surface area contributed by atoms with Crippen molar-refractivity contribution in [2.24, 2.45) is 0 Å². The summed E-state index contributed by atoms with van der Waals surface area (Å²) in [4.78, 5) is 19.9. The molecule has 7 nitrogen and oxygen atoms in total. The van der Waals surface area contributed by atoms with Gasteiger partial charge in [-0.3, -0.25) is 0 Å². The van der Waals surface area contributed by atoms with E-state index in [2.05, 4.69) is 15.1 Å². The molecule has 102 valence electrons. The predicted molar refractivity (Wildman–Crippen MR) is 67.0 cm³/mol. The zero-order chi connectivity index (χ0) is 14.0. The van der Waals surface area contributed by atoms with Crippen LogP contribution in [0.25, 0.3) is 5.78 Å². The van der Waals surface area contributed by atoms with Gasteiger partial charge >= 0.3 is 5.97 Å². The van der Waals surface area contributed by atoms with Gasteiger partial charge < -0.3 is 9.47 Å². The summed E-state index contributed by atoms with van der Waals surface area (Å²) in [5.41, 5.74) is 1.60. The Morgan fingerprint density at radius 1 is 1.47 bits per heavy atom. The van der Waals surface area contributed by atoms with Crippen LogP contribution in [0.15, 0.2) is 6.33 Å². The van der Waals surface area contributed by atoms with Crippen LogP contribution in [0.3, 0.4) is 0 Å². The molecule has 2 heterocycles. The molecule has 7 heteroatoms. The van der Waals surface area contributed by atoms with E-state index >= 15 is 0 Å². The van der Waals surface area contributed by atoms with E-state index < -0.39 is 12.1 Å². The van der Waals surface area contributed by atoms with E-state index in [-0.39, 0.29) is 0 Å². The molecular formula is C12H16N4O3. The van der Waals surface area contributed by atoms with Gasteiger partial charge in [0.15, 0.2) is 6.10 Å². The molecule has 0 aromatic carbocycles. The molecule has 1 atom stereocenters. The Kier molecular flexibility index (Phi) is 3.64. The number of esters is 1. The van der Waals surface area contributed by atoms with Crippen molar-refractivity contribution in [1.29, 1.82) is 0 Å². The average molecular weight is 264 g/mol. The van der Waals surface area contributed by atoms with Crippen LogP contribution in [0.4, 0.5) is 0 Å². The Morgan fingerprint density at radius 3 is 2.89 bits per heavy atom. The summed E-state index contributed by atoms with van der Waals surface area (Å²) < 4.78 is 12.0. The van der Waals surface area contributed by atoms with Gasteiger partial charge in [0.05, 0.1) is 6.61 Å². The third kappa shape index (κ3) is 2.49. The summed E-state index contributed by atoms with van der Waals surface area (Å²) in [6.07, 6.45) is 0.677. The minimum Gasteiger partial charge on any atom is -0.463 e. The maximum atomic E-state index is 11.6. The van der Waals surface area contributed by atoms with Crippen LogP contribution in [0.1, 0.15) is 25.1 Å². The first-order valence-electron chi connectivity index (χ1n) is 6.04. The first-order chi connectivity index (χ1) is 9.04. The fraction of sp³-hybridized carbons (Fsp3) is 0.500. The number of aryl methyl sites for hydroxylation is 1. The first-order valence-corrected chi connectivity index (χ1v) is 6.04. The Bertz CT molecular complexity index is 608. The molecule has 0 radical (unpaired) electrons. The van der Waals surface area contributed by atoms with Crippen molar-refractivity contribution in [3.05, 3.63) is 17.6 Å². The smallest absolute Gasteiger partial charge is 0.347 e. The van der Waals surface area contributed by atoms with Gasteiger partial charge in [-0.15, -0.1) is 0 Å². The minimum absolute atomic E-state index is 0.319. The Labute approximate surface area is 110 Å². The summed E-state index contributed by atoms with van der Waals surface area (Å²) in [5, 5.41) is 4.04. The van der Waals surface area contributed by atoms with Gasteiger partial charge in [-0.2, -0.15) is 14.6 Å². The topological polar surface area (TPSA) is 78.6 Å². The molecule has 2 aromatic heterocycles. The summed E-state index contributed by atoms with van der Waals surface area (Å²) in [7, 11) is 0. The lowest BCUT2D eigenvalue weighted by atomic mass is 10.2. The van der Waals surface area contributed by atoms with Gasteiger partial charge in [0, 0.05) is 11.3 Å². The number of nitrogens with zero attached hydrogens (tertiary/aromatic N) is 4.